The topological polar surface area (TPSA) is 104 Å². The Hall–Kier alpha value is -1.73. The molecule has 7 heteroatoms. The number of nitrogens with two attached hydrogens (primary N) is 1. The van der Waals surface area contributed by atoms with Crippen molar-refractivity contribution in [1.29, 1.82) is 0 Å². The Morgan fingerprint density at radius 1 is 1.23 bits per heavy atom. The summed E-state index contributed by atoms with van der Waals surface area (Å²) in [6.07, 6.45) is 6.04. The van der Waals surface area contributed by atoms with E-state index in [2.05, 4.69) is 6.92 Å². The van der Waals surface area contributed by atoms with E-state index in [4.69, 9.17) is 9.32 Å². The van der Waals surface area contributed by atoms with Crippen molar-refractivity contribution in [3.63, 3.8) is 0 Å². The Balaban J connectivity index is 1.85. The van der Waals surface area contributed by atoms with Crippen LogP contribution >= 0.6 is 0 Å². The highest BCUT2D eigenvalue weighted by molar-refractivity contribution is 7.84. The summed E-state index contributed by atoms with van der Waals surface area (Å²) < 4.78 is 28.4. The molecule has 0 saturated heterocycles. The van der Waals surface area contributed by atoms with Crippen LogP contribution in [0, 0.1) is 17.3 Å². The van der Waals surface area contributed by atoms with Crippen molar-refractivity contribution >= 4 is 21.9 Å². The molecule has 0 bridgehead atoms. The summed E-state index contributed by atoms with van der Waals surface area (Å²) in [6.45, 7) is 5.65. The van der Waals surface area contributed by atoms with Crippen LogP contribution < -0.4 is 9.32 Å². The largest absolute Gasteiger partial charge is 0.380 e. The number of carbonyl (C=O) groups excluding carboxylic acids is 2. The average molecular weight is 434 g/mol. The van der Waals surface area contributed by atoms with Crippen molar-refractivity contribution in [3.8, 4) is 5.75 Å². The quantitative estimate of drug-likeness (QED) is 0.767. The van der Waals surface area contributed by atoms with Gasteiger partial charge in [-0.25, -0.2) is 0 Å². The molecule has 3 aliphatic carbocycles. The van der Waals surface area contributed by atoms with Crippen molar-refractivity contribution in [2.75, 3.05) is 0 Å². The standard InChI is InChI=1S/C23H31NO5S/c1-4-15-18(11-13(2)25)22-14(12-20(15)29-30(24,27)28)5-6-16-17(22)9-10-23(3)19(16)7-8-21(23)26/h12,16-17,19H,4-11H2,1-3H3,(H2,24,27,28)/t16-,17+,19+,23+/m1/s1. The third-order valence-electron chi connectivity index (χ3n) is 7.89. The number of hydrogen-bond acceptors (Lipinski definition) is 5. The van der Waals surface area contributed by atoms with Gasteiger partial charge in [-0.3, -0.25) is 9.59 Å². The zero-order valence-corrected chi connectivity index (χ0v) is 18.8. The van der Waals surface area contributed by atoms with E-state index in [9.17, 15) is 18.0 Å². The van der Waals surface area contributed by atoms with Gasteiger partial charge in [-0.2, -0.15) is 13.6 Å². The Kier molecular flexibility index (Phi) is 5.34. The first kappa shape index (κ1) is 21.5. The molecule has 2 N–H and O–H groups in total. The molecule has 0 radical (unpaired) electrons. The lowest BCUT2D eigenvalue weighted by molar-refractivity contribution is -0.129. The van der Waals surface area contributed by atoms with Gasteiger partial charge in [-0.05, 0) is 91.5 Å². The van der Waals surface area contributed by atoms with Crippen LogP contribution in [0.2, 0.25) is 0 Å². The highest BCUT2D eigenvalue weighted by Gasteiger charge is 2.55. The van der Waals surface area contributed by atoms with Gasteiger partial charge in [0.2, 0.25) is 0 Å². The Morgan fingerprint density at radius 3 is 2.60 bits per heavy atom. The van der Waals surface area contributed by atoms with Crippen molar-refractivity contribution in [2.24, 2.45) is 22.4 Å². The normalized spacial score (nSPS) is 30.4. The molecule has 3 aliphatic rings. The Morgan fingerprint density at radius 2 is 1.97 bits per heavy atom. The Bertz CT molecular complexity index is 1010. The number of benzene rings is 1. The molecule has 4 atom stereocenters. The molecule has 1 aromatic carbocycles. The van der Waals surface area contributed by atoms with E-state index >= 15 is 0 Å². The summed E-state index contributed by atoms with van der Waals surface area (Å²) in [7, 11) is -4.15. The van der Waals surface area contributed by atoms with Gasteiger partial charge in [0.05, 0.1) is 0 Å². The number of fused-ring (bicyclic) bond motifs is 5. The minimum Gasteiger partial charge on any atom is -0.371 e. The van der Waals surface area contributed by atoms with Gasteiger partial charge in [-0.1, -0.05) is 13.8 Å². The van der Waals surface area contributed by atoms with Crippen molar-refractivity contribution in [3.05, 3.63) is 28.3 Å². The van der Waals surface area contributed by atoms with E-state index in [1.807, 2.05) is 13.0 Å². The molecule has 0 aliphatic heterocycles. The van der Waals surface area contributed by atoms with E-state index in [1.165, 1.54) is 5.56 Å². The SMILES string of the molecule is CCc1c(OS(N)(=O)=O)cc2c(c1CC(C)=O)[C@H]1CC[C@]3(C)C(=O)CC[C@H]3[C@@H]1CC2. The number of aryl methyl sites for hydroxylation is 1. The molecule has 30 heavy (non-hydrogen) atoms. The molecule has 2 saturated carbocycles. The molecule has 0 unspecified atom stereocenters. The zero-order valence-electron chi connectivity index (χ0n) is 18.0. The lowest BCUT2D eigenvalue weighted by Gasteiger charge is -2.49. The molecule has 4 rings (SSSR count). The summed E-state index contributed by atoms with van der Waals surface area (Å²) in [5.41, 5.74) is 3.75. The first-order valence-corrected chi connectivity index (χ1v) is 12.4. The third kappa shape index (κ3) is 3.50. The number of hydrogen-bond donors (Lipinski definition) is 1. The van der Waals surface area contributed by atoms with Crippen molar-refractivity contribution < 1.29 is 22.2 Å². The molecule has 0 spiro atoms. The second-order valence-electron chi connectivity index (χ2n) is 9.55. The van der Waals surface area contributed by atoms with E-state index in [0.29, 0.717) is 36.4 Å². The van der Waals surface area contributed by atoms with Crippen LogP contribution in [0.4, 0.5) is 0 Å². The maximum Gasteiger partial charge on any atom is 0.380 e. The highest BCUT2D eigenvalue weighted by atomic mass is 32.2. The van der Waals surface area contributed by atoms with E-state index < -0.39 is 10.3 Å². The highest BCUT2D eigenvalue weighted by Crippen LogP contribution is 2.60. The first-order chi connectivity index (χ1) is 14.0. The summed E-state index contributed by atoms with van der Waals surface area (Å²) in [6, 6.07) is 1.83. The first-order valence-electron chi connectivity index (χ1n) is 11.0. The molecule has 6 nitrogen and oxygen atoms in total. The van der Waals surface area contributed by atoms with Gasteiger partial charge >= 0.3 is 10.3 Å². The molecule has 0 aromatic heterocycles. The van der Waals surface area contributed by atoms with E-state index in [1.54, 1.807) is 6.92 Å². The molecule has 164 valence electrons. The van der Waals surface area contributed by atoms with Gasteiger partial charge in [0.1, 0.15) is 17.3 Å². The third-order valence-corrected chi connectivity index (χ3v) is 8.30. The lowest BCUT2D eigenvalue weighted by atomic mass is 9.55. The second kappa shape index (κ2) is 7.45. The number of rotatable bonds is 5. The van der Waals surface area contributed by atoms with Crippen molar-refractivity contribution in [1.82, 2.24) is 0 Å². The number of carbonyl (C=O) groups is 2. The van der Waals surface area contributed by atoms with Gasteiger partial charge in [-0.15, -0.1) is 0 Å². The van der Waals surface area contributed by atoms with Crippen LogP contribution in [-0.2, 0) is 39.2 Å². The predicted octanol–water partition coefficient (Wildman–Crippen LogP) is 3.39. The fourth-order valence-corrected chi connectivity index (χ4v) is 7.08. The van der Waals surface area contributed by atoms with Crippen molar-refractivity contribution in [2.45, 2.75) is 78.1 Å². The molecular weight excluding hydrogens is 402 g/mol. The smallest absolute Gasteiger partial charge is 0.371 e. The van der Waals surface area contributed by atoms with Crippen LogP contribution in [0.25, 0.3) is 0 Å². The number of Topliss-reactive ketones (excluding diaryl/α,β-unsaturated/α-hetero) is 2. The van der Waals surface area contributed by atoms with Gasteiger partial charge in [0.15, 0.2) is 0 Å². The lowest BCUT2D eigenvalue weighted by Crippen LogP contribution is -2.43. The maximum absolute atomic E-state index is 12.6. The van der Waals surface area contributed by atoms with Crippen LogP contribution in [0.5, 0.6) is 5.75 Å². The average Bonchev–Trinajstić information content (AvgIpc) is 2.95. The monoisotopic (exact) mass is 433 g/mol. The summed E-state index contributed by atoms with van der Waals surface area (Å²) in [5, 5.41) is 5.16. The fourth-order valence-electron chi connectivity index (χ4n) is 6.68. The van der Waals surface area contributed by atoms with Gasteiger partial charge in [0, 0.05) is 18.3 Å². The minimum absolute atomic E-state index is 0.0403. The summed E-state index contributed by atoms with van der Waals surface area (Å²) in [4.78, 5) is 24.8. The van der Waals surface area contributed by atoms with Crippen LogP contribution in [0.3, 0.4) is 0 Å². The Labute approximate surface area is 178 Å². The van der Waals surface area contributed by atoms with Gasteiger partial charge < -0.3 is 4.18 Å². The fraction of sp³-hybridized carbons (Fsp3) is 0.652. The number of ketones is 2. The van der Waals surface area contributed by atoms with E-state index in [-0.39, 0.29) is 23.4 Å². The second-order valence-corrected chi connectivity index (χ2v) is 10.7. The molecular formula is C23H31NO5S. The van der Waals surface area contributed by atoms with Crippen LogP contribution in [-0.4, -0.2) is 20.0 Å². The maximum atomic E-state index is 12.6. The van der Waals surface area contributed by atoms with Crippen LogP contribution in [0.15, 0.2) is 6.07 Å². The summed E-state index contributed by atoms with van der Waals surface area (Å²) in [5.74, 6) is 1.84. The zero-order chi connectivity index (χ0) is 21.8. The van der Waals surface area contributed by atoms with E-state index in [0.717, 1.165) is 48.8 Å². The summed E-state index contributed by atoms with van der Waals surface area (Å²) >= 11 is 0. The molecule has 2 fully saturated rings. The molecule has 0 amide bonds. The predicted molar refractivity (Wildman–Crippen MR) is 114 cm³/mol. The van der Waals surface area contributed by atoms with Crippen LogP contribution in [0.1, 0.15) is 81.0 Å². The molecule has 0 heterocycles. The molecule has 1 aromatic rings. The van der Waals surface area contributed by atoms with Gasteiger partial charge in [0.25, 0.3) is 0 Å². The minimum atomic E-state index is -4.15.